The predicted molar refractivity (Wildman–Crippen MR) is 117 cm³/mol. The zero-order valence-corrected chi connectivity index (χ0v) is 17.9. The maximum Gasteiger partial charge on any atom is 0.417 e. The molecule has 0 bridgehead atoms. The van der Waals surface area contributed by atoms with Gasteiger partial charge in [0.1, 0.15) is 11.5 Å². The van der Waals surface area contributed by atoms with Gasteiger partial charge >= 0.3 is 6.18 Å². The molecule has 2 aliphatic rings. The Balaban J connectivity index is 1.33. The van der Waals surface area contributed by atoms with E-state index in [1.807, 2.05) is 4.90 Å². The van der Waals surface area contributed by atoms with Gasteiger partial charge in [-0.05, 0) is 37.5 Å². The SMILES string of the molecule is O=c1[nH]c(C2=NCCCC2)nc2c1CN(Cc1ccc(-c3ccccc3C(F)(F)F)o1)CC2. The molecule has 0 fully saturated rings. The van der Waals surface area contributed by atoms with Crippen LogP contribution in [-0.2, 0) is 25.7 Å². The summed E-state index contributed by atoms with van der Waals surface area (Å²) in [4.78, 5) is 26.8. The Bertz CT molecular complexity index is 1260. The van der Waals surface area contributed by atoms with Crippen LogP contribution in [0.3, 0.4) is 0 Å². The molecule has 1 N–H and O–H groups in total. The predicted octanol–water partition coefficient (Wildman–Crippen LogP) is 4.58. The Hall–Kier alpha value is -3.20. The molecule has 3 aromatic rings. The Morgan fingerprint density at radius 1 is 1.09 bits per heavy atom. The number of aliphatic imine (C=N–C) groups is 1. The number of halogens is 3. The van der Waals surface area contributed by atoms with Gasteiger partial charge in [-0.1, -0.05) is 18.2 Å². The minimum atomic E-state index is -4.46. The summed E-state index contributed by atoms with van der Waals surface area (Å²) in [5, 5.41) is 0. The van der Waals surface area contributed by atoms with Crippen LogP contribution in [0.25, 0.3) is 11.3 Å². The lowest BCUT2D eigenvalue weighted by atomic mass is 10.0. The van der Waals surface area contributed by atoms with Crippen molar-refractivity contribution < 1.29 is 17.6 Å². The van der Waals surface area contributed by atoms with Crippen LogP contribution in [0.1, 0.15) is 47.7 Å². The van der Waals surface area contributed by atoms with E-state index in [0.29, 0.717) is 43.2 Å². The Kier molecular flexibility index (Phi) is 5.65. The summed E-state index contributed by atoms with van der Waals surface area (Å²) < 4.78 is 45.8. The fraction of sp³-hybridized carbons (Fsp3) is 0.375. The molecule has 1 aromatic carbocycles. The van der Waals surface area contributed by atoms with Crippen LogP contribution in [0, 0.1) is 0 Å². The van der Waals surface area contributed by atoms with E-state index in [-0.39, 0.29) is 16.9 Å². The second kappa shape index (κ2) is 8.62. The highest BCUT2D eigenvalue weighted by atomic mass is 19.4. The molecule has 6 nitrogen and oxygen atoms in total. The number of rotatable bonds is 4. The van der Waals surface area contributed by atoms with E-state index in [4.69, 9.17) is 4.42 Å². The number of nitrogens with one attached hydrogen (secondary N) is 1. The van der Waals surface area contributed by atoms with E-state index >= 15 is 0 Å². The number of alkyl halides is 3. The molecule has 0 saturated heterocycles. The Labute approximate surface area is 188 Å². The number of aromatic nitrogens is 2. The van der Waals surface area contributed by atoms with E-state index in [2.05, 4.69) is 15.0 Å². The van der Waals surface area contributed by atoms with Gasteiger partial charge in [-0.3, -0.25) is 14.7 Å². The average Bonchev–Trinajstić information content (AvgIpc) is 3.28. The van der Waals surface area contributed by atoms with Crippen LogP contribution in [0.4, 0.5) is 13.2 Å². The fourth-order valence-corrected chi connectivity index (χ4v) is 4.42. The van der Waals surface area contributed by atoms with E-state index in [9.17, 15) is 18.0 Å². The van der Waals surface area contributed by atoms with E-state index in [1.54, 1.807) is 18.2 Å². The summed E-state index contributed by atoms with van der Waals surface area (Å²) in [6.45, 7) is 2.23. The molecule has 0 radical (unpaired) electrons. The third-order valence-corrected chi connectivity index (χ3v) is 6.08. The van der Waals surface area contributed by atoms with Gasteiger partial charge in [0.2, 0.25) is 0 Å². The molecule has 9 heteroatoms. The molecule has 0 spiro atoms. The molecular weight excluding hydrogens is 433 g/mol. The Morgan fingerprint density at radius 3 is 2.73 bits per heavy atom. The van der Waals surface area contributed by atoms with Crippen molar-refractivity contribution in [2.24, 2.45) is 4.99 Å². The third-order valence-electron chi connectivity index (χ3n) is 6.08. The van der Waals surface area contributed by atoms with Crippen molar-refractivity contribution in [3.63, 3.8) is 0 Å². The second-order valence-corrected chi connectivity index (χ2v) is 8.40. The molecule has 0 aliphatic carbocycles. The highest BCUT2D eigenvalue weighted by Crippen LogP contribution is 2.37. The summed E-state index contributed by atoms with van der Waals surface area (Å²) in [6, 6.07) is 8.61. The lowest BCUT2D eigenvalue weighted by Crippen LogP contribution is -2.36. The van der Waals surface area contributed by atoms with Gasteiger partial charge in [0.25, 0.3) is 5.56 Å². The number of nitrogens with zero attached hydrogens (tertiary/aromatic N) is 3. The number of benzene rings is 1. The van der Waals surface area contributed by atoms with Crippen molar-refractivity contribution in [1.29, 1.82) is 0 Å². The minimum Gasteiger partial charge on any atom is -0.460 e. The Morgan fingerprint density at radius 2 is 1.94 bits per heavy atom. The summed E-state index contributed by atoms with van der Waals surface area (Å²) >= 11 is 0. The van der Waals surface area contributed by atoms with Crippen molar-refractivity contribution >= 4 is 5.71 Å². The first-order valence-electron chi connectivity index (χ1n) is 11.0. The first-order valence-corrected chi connectivity index (χ1v) is 11.0. The monoisotopic (exact) mass is 456 g/mol. The van der Waals surface area contributed by atoms with Crippen molar-refractivity contribution in [2.45, 2.75) is 44.9 Å². The van der Waals surface area contributed by atoms with Gasteiger partial charge in [0.05, 0.1) is 29.1 Å². The van der Waals surface area contributed by atoms with Gasteiger partial charge in [-0.15, -0.1) is 0 Å². The molecule has 0 atom stereocenters. The molecular formula is C24H23F3N4O2. The zero-order chi connectivity index (χ0) is 23.0. The molecule has 0 amide bonds. The van der Waals surface area contributed by atoms with Gasteiger partial charge in [0, 0.05) is 31.6 Å². The quantitative estimate of drug-likeness (QED) is 0.624. The van der Waals surface area contributed by atoms with E-state index in [0.717, 1.165) is 43.3 Å². The zero-order valence-electron chi connectivity index (χ0n) is 17.9. The van der Waals surface area contributed by atoms with E-state index < -0.39 is 11.7 Å². The molecule has 2 aliphatic heterocycles. The highest BCUT2D eigenvalue weighted by Gasteiger charge is 2.34. The van der Waals surface area contributed by atoms with Crippen LogP contribution in [0.15, 0.2) is 50.6 Å². The molecule has 0 unspecified atom stereocenters. The molecule has 5 rings (SSSR count). The summed E-state index contributed by atoms with van der Waals surface area (Å²) in [7, 11) is 0. The normalized spacial score (nSPS) is 17.0. The van der Waals surface area contributed by atoms with Crippen LogP contribution in [-0.4, -0.2) is 33.7 Å². The summed E-state index contributed by atoms with van der Waals surface area (Å²) in [6.07, 6.45) is -0.914. The first-order chi connectivity index (χ1) is 15.9. The molecule has 33 heavy (non-hydrogen) atoms. The summed E-state index contributed by atoms with van der Waals surface area (Å²) in [5.74, 6) is 1.29. The van der Waals surface area contributed by atoms with Gasteiger partial charge < -0.3 is 9.40 Å². The van der Waals surface area contributed by atoms with Crippen molar-refractivity contribution in [3.8, 4) is 11.3 Å². The smallest absolute Gasteiger partial charge is 0.417 e. The molecule has 4 heterocycles. The van der Waals surface area contributed by atoms with Gasteiger partial charge in [0.15, 0.2) is 5.82 Å². The minimum absolute atomic E-state index is 0.0130. The number of H-pyrrole nitrogens is 1. The number of hydrogen-bond donors (Lipinski definition) is 1. The maximum absolute atomic E-state index is 13.3. The van der Waals surface area contributed by atoms with Crippen molar-refractivity contribution in [2.75, 3.05) is 13.1 Å². The number of furan rings is 1. The topological polar surface area (TPSA) is 74.5 Å². The molecule has 0 saturated carbocycles. The maximum atomic E-state index is 13.3. The van der Waals surface area contributed by atoms with Crippen molar-refractivity contribution in [3.05, 3.63) is 75.2 Å². The van der Waals surface area contributed by atoms with Crippen LogP contribution in [0.2, 0.25) is 0 Å². The first kappa shape index (κ1) is 21.6. The standard InChI is InChI=1S/C24H23F3N4O2/c25-24(26,27)18-6-2-1-5-16(18)21-9-8-15(33-21)13-31-12-10-19-17(14-31)23(32)30-22(29-19)20-7-3-4-11-28-20/h1-2,5-6,8-9H,3-4,7,10-14H2,(H,29,30,32). The van der Waals surface area contributed by atoms with Crippen LogP contribution >= 0.6 is 0 Å². The van der Waals surface area contributed by atoms with Crippen molar-refractivity contribution in [1.82, 2.24) is 14.9 Å². The second-order valence-electron chi connectivity index (χ2n) is 8.40. The highest BCUT2D eigenvalue weighted by molar-refractivity contribution is 5.97. The third kappa shape index (κ3) is 4.50. The van der Waals surface area contributed by atoms with Crippen LogP contribution in [0.5, 0.6) is 0 Å². The number of fused-ring (bicyclic) bond motifs is 1. The van der Waals surface area contributed by atoms with Gasteiger partial charge in [-0.25, -0.2) is 4.98 Å². The fourth-order valence-electron chi connectivity index (χ4n) is 4.42. The number of hydrogen-bond acceptors (Lipinski definition) is 5. The van der Waals surface area contributed by atoms with Gasteiger partial charge in [-0.2, -0.15) is 13.2 Å². The largest absolute Gasteiger partial charge is 0.460 e. The van der Waals surface area contributed by atoms with Crippen LogP contribution < -0.4 is 5.56 Å². The average molecular weight is 456 g/mol. The lowest BCUT2D eigenvalue weighted by Gasteiger charge is -2.27. The number of aromatic amines is 1. The summed E-state index contributed by atoms with van der Waals surface area (Å²) in [5.41, 5.74) is 1.40. The molecule has 2 aromatic heterocycles. The van der Waals surface area contributed by atoms with E-state index in [1.165, 1.54) is 12.1 Å². The lowest BCUT2D eigenvalue weighted by molar-refractivity contribution is -0.137. The molecule has 172 valence electrons.